The molecule has 0 aromatic heterocycles. The van der Waals surface area contributed by atoms with Crippen LogP contribution >= 0.6 is 11.6 Å². The van der Waals surface area contributed by atoms with Crippen LogP contribution in [0, 0.1) is 5.41 Å². The van der Waals surface area contributed by atoms with Crippen LogP contribution in [0.3, 0.4) is 0 Å². The Morgan fingerprint density at radius 1 is 1.22 bits per heavy atom. The summed E-state index contributed by atoms with van der Waals surface area (Å²) >= 11 is 5.94. The molecule has 1 unspecified atom stereocenters. The lowest BCUT2D eigenvalue weighted by molar-refractivity contribution is 0.214. The number of rotatable bonds is 2. The van der Waals surface area contributed by atoms with Crippen LogP contribution in [-0.4, -0.2) is 11.2 Å². The average Bonchev–Trinajstić information content (AvgIpc) is 2.28. The average molecular weight is 265 g/mol. The summed E-state index contributed by atoms with van der Waals surface area (Å²) in [6.45, 7) is 6.45. The fourth-order valence-electron chi connectivity index (χ4n) is 2.70. The van der Waals surface area contributed by atoms with Crippen LogP contribution in [0.25, 0.3) is 5.57 Å². The standard InChI is InChI=1S/C16H21ClO/c1-11(18)14-8-9-16(2,3)10-15(14)12-4-6-13(17)7-5-12/h4-7,11,18H,8-10H2,1-3H3. The van der Waals surface area contributed by atoms with Gasteiger partial charge in [-0.05, 0) is 60.4 Å². The van der Waals surface area contributed by atoms with E-state index in [0.717, 1.165) is 24.3 Å². The van der Waals surface area contributed by atoms with Gasteiger partial charge >= 0.3 is 0 Å². The zero-order chi connectivity index (χ0) is 13.3. The summed E-state index contributed by atoms with van der Waals surface area (Å²) in [5, 5.41) is 10.7. The van der Waals surface area contributed by atoms with Gasteiger partial charge in [-0.1, -0.05) is 37.6 Å². The predicted molar refractivity (Wildman–Crippen MR) is 77.7 cm³/mol. The van der Waals surface area contributed by atoms with Gasteiger partial charge in [0, 0.05) is 5.02 Å². The second kappa shape index (κ2) is 5.07. The van der Waals surface area contributed by atoms with Gasteiger partial charge < -0.3 is 5.11 Å². The number of hydrogen-bond acceptors (Lipinski definition) is 1. The largest absolute Gasteiger partial charge is 0.389 e. The predicted octanol–water partition coefficient (Wildman–Crippen LogP) is 4.68. The highest BCUT2D eigenvalue weighted by molar-refractivity contribution is 6.30. The van der Waals surface area contributed by atoms with E-state index < -0.39 is 0 Å². The van der Waals surface area contributed by atoms with E-state index in [2.05, 4.69) is 26.0 Å². The molecular weight excluding hydrogens is 244 g/mol. The van der Waals surface area contributed by atoms with Crippen LogP contribution in [-0.2, 0) is 0 Å². The smallest absolute Gasteiger partial charge is 0.0727 e. The molecule has 1 aromatic rings. The lowest BCUT2D eigenvalue weighted by Crippen LogP contribution is -2.22. The highest BCUT2D eigenvalue weighted by Gasteiger charge is 2.29. The molecule has 0 amide bonds. The molecule has 98 valence electrons. The molecule has 1 aliphatic carbocycles. The Kier molecular flexibility index (Phi) is 3.84. The monoisotopic (exact) mass is 264 g/mol. The molecule has 0 aliphatic heterocycles. The SMILES string of the molecule is CC(O)C1=C(c2ccc(Cl)cc2)CC(C)(C)CC1. The molecule has 1 aromatic carbocycles. The maximum Gasteiger partial charge on any atom is 0.0727 e. The molecule has 0 heterocycles. The van der Waals surface area contributed by atoms with Gasteiger partial charge in [0.2, 0.25) is 0 Å². The van der Waals surface area contributed by atoms with Crippen molar-refractivity contribution in [3.63, 3.8) is 0 Å². The molecule has 1 N–H and O–H groups in total. The Balaban J connectivity index is 2.44. The maximum absolute atomic E-state index is 9.95. The highest BCUT2D eigenvalue weighted by atomic mass is 35.5. The van der Waals surface area contributed by atoms with Crippen LogP contribution < -0.4 is 0 Å². The molecule has 1 atom stereocenters. The first kappa shape index (κ1) is 13.6. The van der Waals surface area contributed by atoms with Gasteiger partial charge in [-0.15, -0.1) is 0 Å². The molecule has 0 radical (unpaired) electrons. The lowest BCUT2D eigenvalue weighted by atomic mass is 9.71. The fraction of sp³-hybridized carbons (Fsp3) is 0.500. The zero-order valence-electron chi connectivity index (χ0n) is 11.3. The van der Waals surface area contributed by atoms with E-state index in [9.17, 15) is 5.11 Å². The van der Waals surface area contributed by atoms with E-state index in [0.29, 0.717) is 5.41 Å². The number of halogens is 1. The number of benzene rings is 1. The second-order valence-electron chi connectivity index (χ2n) is 6.03. The summed E-state index contributed by atoms with van der Waals surface area (Å²) < 4.78 is 0. The summed E-state index contributed by atoms with van der Waals surface area (Å²) in [6, 6.07) is 7.96. The van der Waals surface area contributed by atoms with Crippen molar-refractivity contribution in [3.05, 3.63) is 40.4 Å². The maximum atomic E-state index is 9.95. The summed E-state index contributed by atoms with van der Waals surface area (Å²) in [7, 11) is 0. The lowest BCUT2D eigenvalue weighted by Gasteiger charge is -2.34. The molecule has 0 bridgehead atoms. The molecule has 1 nitrogen and oxygen atoms in total. The minimum Gasteiger partial charge on any atom is -0.389 e. The third-order valence-electron chi connectivity index (χ3n) is 3.81. The molecule has 18 heavy (non-hydrogen) atoms. The molecule has 0 saturated carbocycles. The van der Waals surface area contributed by atoms with E-state index in [1.807, 2.05) is 19.1 Å². The Morgan fingerprint density at radius 2 is 1.83 bits per heavy atom. The summed E-state index contributed by atoms with van der Waals surface area (Å²) in [6.07, 6.45) is 2.80. The minimum absolute atomic E-state index is 0.313. The summed E-state index contributed by atoms with van der Waals surface area (Å²) in [4.78, 5) is 0. The van der Waals surface area contributed by atoms with Crippen molar-refractivity contribution in [3.8, 4) is 0 Å². The van der Waals surface area contributed by atoms with Crippen LogP contribution in [0.5, 0.6) is 0 Å². The van der Waals surface area contributed by atoms with Crippen molar-refractivity contribution >= 4 is 17.2 Å². The quantitative estimate of drug-likeness (QED) is 0.822. The first-order chi connectivity index (χ1) is 8.39. The van der Waals surface area contributed by atoms with Gasteiger partial charge in [-0.2, -0.15) is 0 Å². The van der Waals surface area contributed by atoms with Crippen LogP contribution in [0.1, 0.15) is 45.6 Å². The van der Waals surface area contributed by atoms with Crippen LogP contribution in [0.2, 0.25) is 5.02 Å². The van der Waals surface area contributed by atoms with Crippen LogP contribution in [0.4, 0.5) is 0 Å². The Hall–Kier alpha value is -0.790. The van der Waals surface area contributed by atoms with Crippen molar-refractivity contribution in [1.82, 2.24) is 0 Å². The first-order valence-electron chi connectivity index (χ1n) is 6.55. The van der Waals surface area contributed by atoms with Gasteiger partial charge in [0.25, 0.3) is 0 Å². The molecule has 2 heteroatoms. The molecule has 0 saturated heterocycles. The van der Waals surface area contributed by atoms with E-state index in [4.69, 9.17) is 11.6 Å². The second-order valence-corrected chi connectivity index (χ2v) is 6.46. The van der Waals surface area contributed by atoms with Gasteiger partial charge in [-0.25, -0.2) is 0 Å². The highest BCUT2D eigenvalue weighted by Crippen LogP contribution is 2.43. The molecular formula is C16H21ClO. The number of allylic oxidation sites excluding steroid dienone is 1. The molecule has 1 aliphatic rings. The van der Waals surface area contributed by atoms with Crippen molar-refractivity contribution in [2.24, 2.45) is 5.41 Å². The Morgan fingerprint density at radius 3 is 2.39 bits per heavy atom. The van der Waals surface area contributed by atoms with Crippen molar-refractivity contribution in [2.45, 2.75) is 46.1 Å². The fourth-order valence-corrected chi connectivity index (χ4v) is 2.83. The van der Waals surface area contributed by atoms with Crippen molar-refractivity contribution < 1.29 is 5.11 Å². The molecule has 2 rings (SSSR count). The zero-order valence-corrected chi connectivity index (χ0v) is 12.1. The summed E-state index contributed by atoms with van der Waals surface area (Å²) in [5.74, 6) is 0. The van der Waals surface area contributed by atoms with Gasteiger partial charge in [0.1, 0.15) is 0 Å². The van der Waals surface area contributed by atoms with E-state index >= 15 is 0 Å². The van der Waals surface area contributed by atoms with E-state index in [-0.39, 0.29) is 6.10 Å². The number of hydrogen-bond donors (Lipinski definition) is 1. The third kappa shape index (κ3) is 2.96. The topological polar surface area (TPSA) is 20.2 Å². The van der Waals surface area contributed by atoms with Crippen molar-refractivity contribution in [1.29, 1.82) is 0 Å². The Bertz CT molecular complexity index is 454. The first-order valence-corrected chi connectivity index (χ1v) is 6.93. The van der Waals surface area contributed by atoms with Gasteiger partial charge in [0.15, 0.2) is 0 Å². The van der Waals surface area contributed by atoms with Gasteiger partial charge in [-0.3, -0.25) is 0 Å². The van der Waals surface area contributed by atoms with E-state index in [1.165, 1.54) is 16.7 Å². The number of aliphatic hydroxyl groups excluding tert-OH is 1. The van der Waals surface area contributed by atoms with Crippen LogP contribution in [0.15, 0.2) is 29.8 Å². The van der Waals surface area contributed by atoms with Gasteiger partial charge in [0.05, 0.1) is 6.10 Å². The molecule has 0 fully saturated rings. The molecule has 0 spiro atoms. The van der Waals surface area contributed by atoms with E-state index in [1.54, 1.807) is 0 Å². The normalized spacial score (nSPS) is 20.9. The third-order valence-corrected chi connectivity index (χ3v) is 4.06. The van der Waals surface area contributed by atoms with Crippen molar-refractivity contribution in [2.75, 3.05) is 0 Å². The summed E-state index contributed by atoms with van der Waals surface area (Å²) in [5.41, 5.74) is 4.01. The number of aliphatic hydroxyl groups is 1. The minimum atomic E-state index is -0.355. The Labute approximate surface area is 114 Å².